The Balaban J connectivity index is 1.35. The van der Waals surface area contributed by atoms with E-state index in [0.717, 1.165) is 12.2 Å². The van der Waals surface area contributed by atoms with Crippen LogP contribution in [-0.2, 0) is 9.59 Å². The van der Waals surface area contributed by atoms with Crippen molar-refractivity contribution in [3.8, 4) is 5.75 Å². The standard InChI is InChI=1S/C21H20F3N3O3/c22-15-3-2-14(10-16(23)20(15)24)27-7-5-12(6-8-27)21(29)25-13-1-4-17-18(9-13)30-11-19(28)26-17/h1,3-4,9-10,12H,2,5-8,11H2,(H,25,29)(H,26,28). The molecule has 1 aromatic carbocycles. The number of carbonyl (C=O) groups excluding carboxylic acids is 2. The molecule has 1 saturated heterocycles. The van der Waals surface area contributed by atoms with Crippen LogP contribution < -0.4 is 15.4 Å². The second kappa shape index (κ2) is 8.25. The molecule has 3 aliphatic rings. The number of hydrogen-bond donors (Lipinski definition) is 2. The molecule has 1 fully saturated rings. The Labute approximate surface area is 171 Å². The molecule has 30 heavy (non-hydrogen) atoms. The highest BCUT2D eigenvalue weighted by molar-refractivity contribution is 5.97. The molecule has 0 radical (unpaired) electrons. The SMILES string of the molecule is O=C1COc2cc(NC(=O)C3CCN(C4=CC(F)=C(F)C(F)=CC4)CC3)ccc2N1. The molecular formula is C21H20F3N3O3. The van der Waals surface area contributed by atoms with Crippen LogP contribution in [0.15, 0.2) is 53.5 Å². The van der Waals surface area contributed by atoms with Crippen LogP contribution in [0.4, 0.5) is 24.5 Å². The number of rotatable bonds is 3. The van der Waals surface area contributed by atoms with Crippen LogP contribution in [0.1, 0.15) is 19.3 Å². The fraction of sp³-hybridized carbons (Fsp3) is 0.333. The molecule has 2 heterocycles. The molecule has 0 spiro atoms. The van der Waals surface area contributed by atoms with Gasteiger partial charge in [-0.1, -0.05) is 0 Å². The quantitative estimate of drug-likeness (QED) is 0.778. The molecule has 2 N–H and O–H groups in total. The number of allylic oxidation sites excluding steroid dienone is 5. The van der Waals surface area contributed by atoms with Crippen molar-refractivity contribution < 1.29 is 27.5 Å². The first kappa shape index (κ1) is 20.1. The number of anilines is 2. The number of nitrogens with zero attached hydrogens (tertiary/aromatic N) is 1. The van der Waals surface area contributed by atoms with Crippen molar-refractivity contribution >= 4 is 23.2 Å². The Morgan fingerprint density at radius 2 is 1.97 bits per heavy atom. The number of likely N-dealkylation sites (tertiary alicyclic amines) is 1. The van der Waals surface area contributed by atoms with E-state index in [4.69, 9.17) is 4.74 Å². The van der Waals surface area contributed by atoms with Crippen molar-refractivity contribution in [2.24, 2.45) is 5.92 Å². The maximum Gasteiger partial charge on any atom is 0.262 e. The van der Waals surface area contributed by atoms with Crippen molar-refractivity contribution in [2.45, 2.75) is 19.3 Å². The zero-order chi connectivity index (χ0) is 21.3. The Hall–Kier alpha value is -3.23. The van der Waals surface area contributed by atoms with E-state index in [2.05, 4.69) is 10.6 Å². The fourth-order valence-electron chi connectivity index (χ4n) is 3.71. The Kier molecular flexibility index (Phi) is 5.52. The normalized spacial score (nSPS) is 19.8. The van der Waals surface area contributed by atoms with Crippen LogP contribution in [-0.4, -0.2) is 36.4 Å². The Bertz CT molecular complexity index is 979. The highest BCUT2D eigenvalue weighted by Gasteiger charge is 2.27. The number of hydrogen-bond acceptors (Lipinski definition) is 4. The van der Waals surface area contributed by atoms with E-state index in [1.54, 1.807) is 18.2 Å². The van der Waals surface area contributed by atoms with Crippen molar-refractivity contribution in [1.82, 2.24) is 4.90 Å². The minimum Gasteiger partial charge on any atom is -0.482 e. The summed E-state index contributed by atoms with van der Waals surface area (Å²) in [5.74, 6) is -4.02. The molecule has 0 atom stereocenters. The molecule has 4 rings (SSSR count). The van der Waals surface area contributed by atoms with E-state index in [9.17, 15) is 22.8 Å². The van der Waals surface area contributed by atoms with Gasteiger partial charge in [-0.3, -0.25) is 9.59 Å². The molecular weight excluding hydrogens is 399 g/mol. The van der Waals surface area contributed by atoms with Crippen molar-refractivity contribution in [3.63, 3.8) is 0 Å². The maximum atomic E-state index is 13.7. The highest BCUT2D eigenvalue weighted by Crippen LogP contribution is 2.32. The summed E-state index contributed by atoms with van der Waals surface area (Å²) < 4.78 is 45.8. The number of piperidine rings is 1. The van der Waals surface area contributed by atoms with Gasteiger partial charge in [0.25, 0.3) is 5.91 Å². The maximum absolute atomic E-state index is 13.7. The summed E-state index contributed by atoms with van der Waals surface area (Å²) in [6, 6.07) is 5.00. The van der Waals surface area contributed by atoms with E-state index < -0.39 is 17.5 Å². The third kappa shape index (κ3) is 4.19. The predicted octanol–water partition coefficient (Wildman–Crippen LogP) is 3.96. The molecule has 9 heteroatoms. The summed E-state index contributed by atoms with van der Waals surface area (Å²) >= 11 is 0. The van der Waals surface area contributed by atoms with Gasteiger partial charge in [-0.25, -0.2) is 13.2 Å². The smallest absolute Gasteiger partial charge is 0.262 e. The first-order valence-electron chi connectivity index (χ1n) is 9.65. The van der Waals surface area contributed by atoms with Gasteiger partial charge in [0.05, 0.1) is 5.69 Å². The molecule has 2 aliphatic heterocycles. The monoisotopic (exact) mass is 419 g/mol. The lowest BCUT2D eigenvalue weighted by molar-refractivity contribution is -0.121. The van der Waals surface area contributed by atoms with E-state index in [1.807, 2.05) is 4.90 Å². The average molecular weight is 419 g/mol. The number of halogens is 3. The van der Waals surface area contributed by atoms with E-state index in [1.165, 1.54) is 0 Å². The van der Waals surface area contributed by atoms with Gasteiger partial charge in [0.1, 0.15) is 5.75 Å². The molecule has 0 unspecified atom stereocenters. The first-order valence-corrected chi connectivity index (χ1v) is 9.65. The summed E-state index contributed by atoms with van der Waals surface area (Å²) in [6.07, 6.45) is 3.19. The van der Waals surface area contributed by atoms with Crippen LogP contribution in [0.25, 0.3) is 0 Å². The number of ether oxygens (including phenoxy) is 1. The Morgan fingerprint density at radius 3 is 2.73 bits per heavy atom. The zero-order valence-electron chi connectivity index (χ0n) is 16.0. The van der Waals surface area contributed by atoms with E-state index in [-0.39, 0.29) is 30.8 Å². The summed E-state index contributed by atoms with van der Waals surface area (Å²) in [5.41, 5.74) is 1.60. The molecule has 0 aromatic heterocycles. The van der Waals surface area contributed by atoms with E-state index in [0.29, 0.717) is 48.8 Å². The van der Waals surface area contributed by atoms with Gasteiger partial charge in [0.15, 0.2) is 24.1 Å². The van der Waals surface area contributed by atoms with Crippen molar-refractivity contribution in [1.29, 1.82) is 0 Å². The van der Waals surface area contributed by atoms with Crippen molar-refractivity contribution in [3.05, 3.63) is 53.5 Å². The number of fused-ring (bicyclic) bond motifs is 1. The summed E-state index contributed by atoms with van der Waals surface area (Å²) in [6.45, 7) is 0.888. The van der Waals surface area contributed by atoms with Gasteiger partial charge in [-0.05, 0) is 37.1 Å². The number of carbonyl (C=O) groups is 2. The molecule has 1 aromatic rings. The van der Waals surface area contributed by atoms with Gasteiger partial charge >= 0.3 is 0 Å². The minimum atomic E-state index is -1.48. The fourth-order valence-corrected chi connectivity index (χ4v) is 3.71. The van der Waals surface area contributed by atoms with Gasteiger partial charge in [-0.2, -0.15) is 0 Å². The summed E-state index contributed by atoms with van der Waals surface area (Å²) in [5, 5.41) is 5.54. The third-order valence-electron chi connectivity index (χ3n) is 5.36. The van der Waals surface area contributed by atoms with Gasteiger partial charge in [-0.15, -0.1) is 0 Å². The predicted molar refractivity (Wildman–Crippen MR) is 105 cm³/mol. The summed E-state index contributed by atoms with van der Waals surface area (Å²) in [4.78, 5) is 25.8. The molecule has 6 nitrogen and oxygen atoms in total. The van der Waals surface area contributed by atoms with Crippen LogP contribution in [0.3, 0.4) is 0 Å². The molecule has 158 valence electrons. The average Bonchev–Trinajstić information content (AvgIpc) is 2.87. The second-order valence-corrected chi connectivity index (χ2v) is 7.35. The lowest BCUT2D eigenvalue weighted by Crippen LogP contribution is -2.37. The summed E-state index contributed by atoms with van der Waals surface area (Å²) in [7, 11) is 0. The topological polar surface area (TPSA) is 70.7 Å². The van der Waals surface area contributed by atoms with Gasteiger partial charge < -0.3 is 20.3 Å². The number of benzene rings is 1. The Morgan fingerprint density at radius 1 is 1.20 bits per heavy atom. The zero-order valence-corrected chi connectivity index (χ0v) is 16.0. The largest absolute Gasteiger partial charge is 0.482 e. The highest BCUT2D eigenvalue weighted by atomic mass is 19.2. The molecule has 0 saturated carbocycles. The number of nitrogens with one attached hydrogen (secondary N) is 2. The molecule has 2 amide bonds. The lowest BCUT2D eigenvalue weighted by atomic mass is 9.95. The molecule has 0 bridgehead atoms. The van der Waals surface area contributed by atoms with E-state index >= 15 is 0 Å². The van der Waals surface area contributed by atoms with Gasteiger partial charge in [0, 0.05) is 42.9 Å². The third-order valence-corrected chi connectivity index (χ3v) is 5.36. The minimum absolute atomic E-state index is 0.0719. The number of amides is 2. The van der Waals surface area contributed by atoms with Crippen molar-refractivity contribution in [2.75, 3.05) is 30.3 Å². The lowest BCUT2D eigenvalue weighted by Gasteiger charge is -2.34. The van der Waals surface area contributed by atoms with Crippen LogP contribution in [0.2, 0.25) is 0 Å². The van der Waals surface area contributed by atoms with Crippen LogP contribution in [0, 0.1) is 5.92 Å². The van der Waals surface area contributed by atoms with Crippen LogP contribution in [0.5, 0.6) is 5.75 Å². The van der Waals surface area contributed by atoms with Crippen LogP contribution >= 0.6 is 0 Å². The second-order valence-electron chi connectivity index (χ2n) is 7.35. The first-order chi connectivity index (χ1) is 14.4. The van der Waals surface area contributed by atoms with Gasteiger partial charge in [0.2, 0.25) is 5.91 Å². The molecule has 1 aliphatic carbocycles.